The fourth-order valence-corrected chi connectivity index (χ4v) is 7.42. The van der Waals surface area contributed by atoms with Crippen molar-refractivity contribution in [3.63, 3.8) is 0 Å². The molecule has 0 bridgehead atoms. The lowest BCUT2D eigenvalue weighted by Crippen LogP contribution is -2.50. The van der Waals surface area contributed by atoms with Crippen molar-refractivity contribution in [1.29, 1.82) is 0 Å². The van der Waals surface area contributed by atoms with Crippen molar-refractivity contribution in [3.05, 3.63) is 59.0 Å². The van der Waals surface area contributed by atoms with Crippen LogP contribution in [0.2, 0.25) is 0 Å². The predicted octanol–water partition coefficient (Wildman–Crippen LogP) is 6.23. The highest BCUT2D eigenvalue weighted by Gasteiger charge is 2.25. The zero-order valence-corrected chi connectivity index (χ0v) is 23.9. The quantitative estimate of drug-likeness (QED) is 0.297. The molecule has 4 heterocycles. The highest BCUT2D eigenvalue weighted by molar-refractivity contribution is 7.13. The summed E-state index contributed by atoms with van der Waals surface area (Å²) in [6.45, 7) is 15.5. The molecular weight excluding hydrogens is 488 g/mol. The normalized spacial score (nSPS) is 18.1. The first-order valence-electron chi connectivity index (χ1n) is 14.3. The standard InChI is InChI=1S/C32H40N4OS/c1-4-36-30-8-5-26(18-29(30)28-7-6-27(19-31(28)36)32-17-23(2)22-38-32)21-33-11-9-25(10-12-33)20-34-13-15-35(16-14-34)24(3)37/h5-8,17-19,22,25H,4,9-16,20-21H2,1-3H3. The van der Waals surface area contributed by atoms with Crippen LogP contribution < -0.4 is 0 Å². The molecule has 2 saturated heterocycles. The van der Waals surface area contributed by atoms with E-state index in [0.29, 0.717) is 0 Å². The first-order valence-corrected chi connectivity index (χ1v) is 15.2. The second-order valence-electron chi connectivity index (χ2n) is 11.3. The van der Waals surface area contributed by atoms with Crippen molar-refractivity contribution in [1.82, 2.24) is 19.3 Å². The van der Waals surface area contributed by atoms with Crippen LogP contribution in [0.4, 0.5) is 0 Å². The van der Waals surface area contributed by atoms with E-state index >= 15 is 0 Å². The van der Waals surface area contributed by atoms with Crippen LogP contribution in [0.3, 0.4) is 0 Å². The number of amides is 1. The number of benzene rings is 2. The summed E-state index contributed by atoms with van der Waals surface area (Å²) in [6, 6.07) is 16.4. The molecule has 2 aromatic heterocycles. The van der Waals surface area contributed by atoms with Crippen LogP contribution >= 0.6 is 11.3 Å². The molecule has 2 aromatic carbocycles. The van der Waals surface area contributed by atoms with E-state index in [4.69, 9.17) is 0 Å². The predicted molar refractivity (Wildman–Crippen MR) is 160 cm³/mol. The van der Waals surface area contributed by atoms with E-state index in [0.717, 1.165) is 45.2 Å². The molecule has 1 amide bonds. The Hall–Kier alpha value is -2.67. The Kier molecular flexibility index (Phi) is 7.30. The second-order valence-corrected chi connectivity index (χ2v) is 12.3. The fourth-order valence-electron chi connectivity index (χ4n) is 6.52. The second kappa shape index (κ2) is 10.8. The summed E-state index contributed by atoms with van der Waals surface area (Å²) in [7, 11) is 0. The highest BCUT2D eigenvalue weighted by atomic mass is 32.1. The maximum absolute atomic E-state index is 11.6. The Morgan fingerprint density at radius 3 is 2.37 bits per heavy atom. The maximum atomic E-state index is 11.6. The number of nitrogens with zero attached hydrogens (tertiary/aromatic N) is 4. The molecule has 2 aliphatic heterocycles. The van der Waals surface area contributed by atoms with Gasteiger partial charge in [-0.2, -0.15) is 0 Å². The number of rotatable bonds is 6. The number of likely N-dealkylation sites (tertiary alicyclic amines) is 1. The van der Waals surface area contributed by atoms with Gasteiger partial charge in [0, 0.05) is 79.4 Å². The van der Waals surface area contributed by atoms with Gasteiger partial charge in [0.05, 0.1) is 0 Å². The third-order valence-electron chi connectivity index (χ3n) is 8.71. The van der Waals surface area contributed by atoms with Crippen molar-refractivity contribution < 1.29 is 4.79 Å². The van der Waals surface area contributed by atoms with Crippen LogP contribution in [0.25, 0.3) is 32.2 Å². The van der Waals surface area contributed by atoms with E-state index in [1.54, 1.807) is 6.92 Å². The first-order chi connectivity index (χ1) is 18.5. The lowest BCUT2D eigenvalue weighted by atomic mass is 9.95. The van der Waals surface area contributed by atoms with Gasteiger partial charge in [0.1, 0.15) is 0 Å². The summed E-state index contributed by atoms with van der Waals surface area (Å²) in [5.41, 5.74) is 6.76. The largest absolute Gasteiger partial charge is 0.341 e. The highest BCUT2D eigenvalue weighted by Crippen LogP contribution is 2.35. The van der Waals surface area contributed by atoms with Gasteiger partial charge >= 0.3 is 0 Å². The average Bonchev–Trinajstić information content (AvgIpc) is 3.50. The minimum Gasteiger partial charge on any atom is -0.341 e. The van der Waals surface area contributed by atoms with Gasteiger partial charge in [-0.3, -0.25) is 14.6 Å². The molecule has 0 atom stereocenters. The molecule has 5 nitrogen and oxygen atoms in total. The molecule has 38 heavy (non-hydrogen) atoms. The molecule has 0 saturated carbocycles. The monoisotopic (exact) mass is 528 g/mol. The zero-order valence-electron chi connectivity index (χ0n) is 23.1. The minimum atomic E-state index is 0.216. The smallest absolute Gasteiger partial charge is 0.219 e. The zero-order chi connectivity index (χ0) is 26.2. The summed E-state index contributed by atoms with van der Waals surface area (Å²) in [6.07, 6.45) is 2.55. The summed E-state index contributed by atoms with van der Waals surface area (Å²) in [4.78, 5) is 20.1. The Morgan fingerprint density at radius 2 is 1.68 bits per heavy atom. The molecule has 2 fully saturated rings. The van der Waals surface area contributed by atoms with Gasteiger partial charge < -0.3 is 9.47 Å². The van der Waals surface area contributed by atoms with Crippen molar-refractivity contribution >= 4 is 39.0 Å². The number of piperazine rings is 1. The van der Waals surface area contributed by atoms with Crippen LogP contribution in [0.5, 0.6) is 0 Å². The number of aryl methyl sites for hydroxylation is 2. The Morgan fingerprint density at radius 1 is 0.895 bits per heavy atom. The lowest BCUT2D eigenvalue weighted by Gasteiger charge is -2.38. The minimum absolute atomic E-state index is 0.216. The number of hydrogen-bond acceptors (Lipinski definition) is 4. The third kappa shape index (κ3) is 5.14. The van der Waals surface area contributed by atoms with Crippen LogP contribution in [-0.4, -0.2) is 71.0 Å². The third-order valence-corrected chi connectivity index (χ3v) is 9.81. The maximum Gasteiger partial charge on any atom is 0.219 e. The molecule has 0 spiro atoms. The molecule has 0 aliphatic carbocycles. The van der Waals surface area contributed by atoms with Gasteiger partial charge in [0.15, 0.2) is 0 Å². The molecule has 6 heteroatoms. The lowest BCUT2D eigenvalue weighted by molar-refractivity contribution is -0.130. The van der Waals surface area contributed by atoms with Gasteiger partial charge in [-0.25, -0.2) is 0 Å². The van der Waals surface area contributed by atoms with E-state index in [9.17, 15) is 4.79 Å². The molecular formula is C32H40N4OS. The summed E-state index contributed by atoms with van der Waals surface area (Å²) < 4.78 is 2.47. The van der Waals surface area contributed by atoms with Gasteiger partial charge in [-0.05, 0) is 92.0 Å². The topological polar surface area (TPSA) is 31.7 Å². The fraction of sp³-hybridized carbons (Fsp3) is 0.469. The summed E-state index contributed by atoms with van der Waals surface area (Å²) >= 11 is 1.83. The van der Waals surface area contributed by atoms with Gasteiger partial charge in [-0.15, -0.1) is 11.3 Å². The number of fused-ring (bicyclic) bond motifs is 3. The van der Waals surface area contributed by atoms with Crippen LogP contribution in [0, 0.1) is 12.8 Å². The molecule has 200 valence electrons. The van der Waals surface area contributed by atoms with Crippen molar-refractivity contribution in [2.24, 2.45) is 5.92 Å². The Bertz CT molecular complexity index is 1440. The average molecular weight is 529 g/mol. The number of hydrogen-bond donors (Lipinski definition) is 0. The van der Waals surface area contributed by atoms with Crippen molar-refractivity contribution in [2.75, 3.05) is 45.8 Å². The number of carbonyl (C=O) groups is 1. The number of carbonyl (C=O) groups excluding carboxylic acids is 1. The SMILES string of the molecule is CCn1c2ccc(CN3CCC(CN4CCN(C(C)=O)CC4)CC3)cc2c2ccc(-c3cc(C)cs3)cc21. The molecule has 0 N–H and O–H groups in total. The van der Waals surface area contributed by atoms with Crippen LogP contribution in [0.1, 0.15) is 37.8 Å². The molecule has 0 radical (unpaired) electrons. The van der Waals surface area contributed by atoms with E-state index < -0.39 is 0 Å². The van der Waals surface area contributed by atoms with E-state index in [2.05, 4.69) is 76.1 Å². The molecule has 6 rings (SSSR count). The number of aromatic nitrogens is 1. The van der Waals surface area contributed by atoms with E-state index in [1.165, 1.54) is 75.8 Å². The first kappa shape index (κ1) is 25.6. The van der Waals surface area contributed by atoms with Crippen LogP contribution in [-0.2, 0) is 17.9 Å². The van der Waals surface area contributed by atoms with Crippen molar-refractivity contribution in [2.45, 2.75) is 46.7 Å². The van der Waals surface area contributed by atoms with E-state index in [-0.39, 0.29) is 5.91 Å². The van der Waals surface area contributed by atoms with Gasteiger partial charge in [-0.1, -0.05) is 18.2 Å². The molecule has 0 unspecified atom stereocenters. The molecule has 4 aromatic rings. The Labute approximate surface area is 230 Å². The van der Waals surface area contributed by atoms with Crippen LogP contribution in [0.15, 0.2) is 47.8 Å². The van der Waals surface area contributed by atoms with E-state index in [1.807, 2.05) is 16.2 Å². The van der Waals surface area contributed by atoms with Crippen molar-refractivity contribution in [3.8, 4) is 10.4 Å². The summed E-state index contributed by atoms with van der Waals surface area (Å²) in [5, 5.41) is 4.98. The Balaban J connectivity index is 1.12. The van der Waals surface area contributed by atoms with Gasteiger partial charge in [0.2, 0.25) is 5.91 Å². The van der Waals surface area contributed by atoms with Gasteiger partial charge in [0.25, 0.3) is 0 Å². The summed E-state index contributed by atoms with van der Waals surface area (Å²) in [5.74, 6) is 0.995. The number of thiophene rings is 1. The number of piperidine rings is 1. The molecule has 2 aliphatic rings.